The fraction of sp³-hybridized carbons (Fsp3) is 0. The smallest absolute Gasteiger partial charge is 0.155 e. The minimum Gasteiger partial charge on any atom is -0.454 e. The molecule has 0 unspecified atom stereocenters. The Bertz CT molecular complexity index is 836. The molecule has 0 bridgehead atoms. The zero-order valence-corrected chi connectivity index (χ0v) is 13.4. The van der Waals surface area contributed by atoms with Gasteiger partial charge in [0.05, 0.1) is 25.1 Å². The first-order chi connectivity index (χ1) is 8.91. The van der Waals surface area contributed by atoms with Crippen LogP contribution in [0.4, 0.5) is 0 Å². The van der Waals surface area contributed by atoms with Crippen LogP contribution in [-0.4, -0.2) is 0 Å². The zero-order valence-electron chi connectivity index (χ0n) is 8.83. The predicted molar refractivity (Wildman–Crippen MR) is 83.8 cm³/mol. The van der Waals surface area contributed by atoms with Gasteiger partial charge in [-0.2, -0.15) is 0 Å². The Morgan fingerprint density at radius 2 is 1.26 bits per heavy atom. The van der Waals surface area contributed by atoms with Crippen molar-refractivity contribution in [1.29, 1.82) is 0 Å². The number of rotatable bonds is 0. The van der Waals surface area contributed by atoms with Crippen LogP contribution in [0.25, 0.3) is 21.9 Å². The first-order valence-electron chi connectivity index (χ1n) is 4.95. The second kappa shape index (κ2) is 4.77. The van der Waals surface area contributed by atoms with Crippen molar-refractivity contribution in [2.75, 3.05) is 0 Å². The van der Waals surface area contributed by atoms with Crippen molar-refractivity contribution in [2.24, 2.45) is 0 Å². The molecule has 0 saturated carbocycles. The van der Waals surface area contributed by atoms with E-state index in [0.717, 1.165) is 0 Å². The third kappa shape index (κ3) is 1.99. The number of benzene rings is 2. The van der Waals surface area contributed by atoms with Crippen molar-refractivity contribution < 1.29 is 4.42 Å². The van der Waals surface area contributed by atoms with Crippen LogP contribution >= 0.6 is 69.6 Å². The highest BCUT2D eigenvalue weighted by Gasteiger charge is 2.20. The third-order valence-electron chi connectivity index (χ3n) is 2.72. The van der Waals surface area contributed by atoms with Crippen molar-refractivity contribution in [3.8, 4) is 0 Å². The highest BCUT2D eigenvalue weighted by atomic mass is 35.5. The molecular formula is C12H2Cl6O. The monoisotopic (exact) mass is 384 g/mol. The molecule has 7 heteroatoms. The maximum Gasteiger partial charge on any atom is 0.155 e. The van der Waals surface area contributed by atoms with Crippen molar-refractivity contribution in [2.45, 2.75) is 0 Å². The molecule has 0 atom stereocenters. The maximum absolute atomic E-state index is 6.20. The molecular weight excluding hydrogens is 385 g/mol. The molecule has 1 heterocycles. The Hall–Kier alpha value is -0.0200. The molecule has 1 aromatic heterocycles. The highest BCUT2D eigenvalue weighted by molar-refractivity contribution is 6.53. The first kappa shape index (κ1) is 13.9. The quantitative estimate of drug-likeness (QED) is 0.364. The fourth-order valence-electron chi connectivity index (χ4n) is 1.88. The molecule has 0 aliphatic heterocycles. The molecule has 19 heavy (non-hydrogen) atoms. The van der Waals surface area contributed by atoms with Crippen LogP contribution in [0.15, 0.2) is 16.5 Å². The van der Waals surface area contributed by atoms with Crippen LogP contribution in [0.5, 0.6) is 0 Å². The minimum absolute atomic E-state index is 0.225. The average Bonchev–Trinajstić information content (AvgIpc) is 2.72. The normalized spacial score (nSPS) is 11.7. The minimum atomic E-state index is 0.225. The Balaban J connectivity index is 2.62. The van der Waals surface area contributed by atoms with E-state index in [4.69, 9.17) is 74.0 Å². The number of halogens is 6. The van der Waals surface area contributed by atoms with E-state index in [1.165, 1.54) is 0 Å². The lowest BCUT2D eigenvalue weighted by atomic mass is 11.1. The molecule has 1 nitrogen and oxygen atoms in total. The summed E-state index contributed by atoms with van der Waals surface area (Å²) in [5.41, 5.74) is 0.862. The van der Waals surface area contributed by atoms with E-state index in [1.54, 1.807) is 12.1 Å². The summed E-state index contributed by atoms with van der Waals surface area (Å²) in [7, 11) is 0. The summed E-state index contributed by atoms with van der Waals surface area (Å²) in [5.74, 6) is 0. The van der Waals surface area contributed by atoms with E-state index in [-0.39, 0.29) is 20.1 Å². The van der Waals surface area contributed by atoms with Gasteiger partial charge in [-0.05, 0) is 6.07 Å². The molecule has 98 valence electrons. The Morgan fingerprint density at radius 1 is 0.684 bits per heavy atom. The molecule has 0 amide bonds. The van der Waals surface area contributed by atoms with Gasteiger partial charge in [0.2, 0.25) is 0 Å². The van der Waals surface area contributed by atoms with Gasteiger partial charge in [-0.15, -0.1) is 0 Å². The number of furan rings is 1. The lowest BCUT2D eigenvalue weighted by Gasteiger charge is -2.01. The molecule has 0 aliphatic rings. The Morgan fingerprint density at radius 3 is 1.95 bits per heavy atom. The van der Waals surface area contributed by atoms with Gasteiger partial charge in [0.15, 0.2) is 5.58 Å². The van der Waals surface area contributed by atoms with Crippen LogP contribution in [0.2, 0.25) is 30.1 Å². The molecule has 0 radical (unpaired) electrons. The van der Waals surface area contributed by atoms with Crippen molar-refractivity contribution in [3.63, 3.8) is 0 Å². The van der Waals surface area contributed by atoms with Crippen LogP contribution in [-0.2, 0) is 0 Å². The summed E-state index contributed by atoms with van der Waals surface area (Å²) in [6.45, 7) is 0. The van der Waals surface area contributed by atoms with Crippen LogP contribution in [0.3, 0.4) is 0 Å². The molecule has 2 aromatic carbocycles. The van der Waals surface area contributed by atoms with E-state index in [2.05, 4.69) is 0 Å². The number of hydrogen-bond acceptors (Lipinski definition) is 1. The molecule has 3 aromatic rings. The van der Waals surface area contributed by atoms with Gasteiger partial charge in [0, 0.05) is 16.8 Å². The molecule has 3 rings (SSSR count). The van der Waals surface area contributed by atoms with Gasteiger partial charge in [0.25, 0.3) is 0 Å². The van der Waals surface area contributed by atoms with Crippen molar-refractivity contribution in [1.82, 2.24) is 0 Å². The largest absolute Gasteiger partial charge is 0.454 e. The lowest BCUT2D eigenvalue weighted by Crippen LogP contribution is -1.76. The second-order valence-corrected chi connectivity index (χ2v) is 6.15. The predicted octanol–water partition coefficient (Wildman–Crippen LogP) is 7.51. The summed E-state index contributed by atoms with van der Waals surface area (Å²) >= 11 is 36.3. The standard InChI is InChI=1S/C12H2Cl6O/c13-4-1-3-7-6(2-5(14)8(15)10(7)17)19-12(3)11(18)9(4)16/h1-2H/i1+1,2+1,3+1,4+1,5+1,6+1,7+1,8+1,9+1,10+1,11+1,12+1. The van der Waals surface area contributed by atoms with Crippen LogP contribution < -0.4 is 0 Å². The average molecular weight is 387 g/mol. The Kier molecular flexibility index (Phi) is 3.50. The molecule has 0 aliphatic carbocycles. The van der Waals surface area contributed by atoms with E-state index in [1.807, 2.05) is 0 Å². The van der Waals surface area contributed by atoms with Crippen LogP contribution in [0, 0.1) is 0 Å². The fourth-order valence-corrected chi connectivity index (χ4v) is 3.20. The number of hydrogen-bond donors (Lipinski definition) is 0. The first-order valence-corrected chi connectivity index (χ1v) is 7.21. The summed E-state index contributed by atoms with van der Waals surface area (Å²) < 4.78 is 5.63. The van der Waals surface area contributed by atoms with E-state index in [0.29, 0.717) is 32.0 Å². The van der Waals surface area contributed by atoms with Gasteiger partial charge < -0.3 is 4.42 Å². The van der Waals surface area contributed by atoms with Gasteiger partial charge in [-0.1, -0.05) is 69.6 Å². The summed E-state index contributed by atoms with van der Waals surface area (Å²) in [6.07, 6.45) is 0. The van der Waals surface area contributed by atoms with Crippen LogP contribution in [0.1, 0.15) is 0 Å². The van der Waals surface area contributed by atoms with E-state index < -0.39 is 0 Å². The molecule has 0 saturated heterocycles. The summed E-state index contributed by atoms with van der Waals surface area (Å²) in [4.78, 5) is 0. The maximum atomic E-state index is 6.20. The molecule has 0 spiro atoms. The summed E-state index contributed by atoms with van der Waals surface area (Å²) in [6, 6.07) is 3.20. The van der Waals surface area contributed by atoms with Crippen molar-refractivity contribution in [3.05, 3.63) is 42.3 Å². The Labute approximate surface area is 137 Å². The van der Waals surface area contributed by atoms with Crippen molar-refractivity contribution >= 4 is 91.5 Å². The summed E-state index contributed by atoms with van der Waals surface area (Å²) in [5, 5.41) is 2.84. The van der Waals surface area contributed by atoms with E-state index >= 15 is 0 Å². The lowest BCUT2D eigenvalue weighted by molar-refractivity contribution is 0.669. The molecule has 0 fully saturated rings. The van der Waals surface area contributed by atoms with Gasteiger partial charge in [-0.25, -0.2) is 0 Å². The number of fused-ring (bicyclic) bond motifs is 3. The second-order valence-electron chi connectivity index (χ2n) is 3.82. The zero-order chi connectivity index (χ0) is 13.9. The third-order valence-corrected chi connectivity index (χ3v) is 5.23. The SMILES string of the molecule is Cl[13c]1[13cH][13c]2[13c](o[13c]3[13cH][13c](Cl)[13c](Cl)[13c](Cl)[13c]32)[13c](Cl)[13c]1Cl. The molecule has 0 N–H and O–H groups in total. The highest BCUT2D eigenvalue weighted by Crippen LogP contribution is 2.46. The van der Waals surface area contributed by atoms with E-state index in [9.17, 15) is 0 Å². The van der Waals surface area contributed by atoms with Gasteiger partial charge >= 0.3 is 0 Å². The topological polar surface area (TPSA) is 13.1 Å². The van der Waals surface area contributed by atoms with Gasteiger partial charge in [-0.3, -0.25) is 0 Å². The van der Waals surface area contributed by atoms with Gasteiger partial charge in [0.1, 0.15) is 10.6 Å².